The summed E-state index contributed by atoms with van der Waals surface area (Å²) in [4.78, 5) is 11.2. The maximum Gasteiger partial charge on any atom is 0.330 e. The van der Waals surface area contributed by atoms with Gasteiger partial charge in [0.2, 0.25) is 0 Å². The predicted molar refractivity (Wildman–Crippen MR) is 73.3 cm³/mol. The Morgan fingerprint density at radius 3 is 2.58 bits per heavy atom. The van der Waals surface area contributed by atoms with Gasteiger partial charge in [0.25, 0.3) is 0 Å². The fourth-order valence-electron chi connectivity index (χ4n) is 1.87. The third-order valence-corrected chi connectivity index (χ3v) is 2.91. The molecule has 1 rings (SSSR count). The summed E-state index contributed by atoms with van der Waals surface area (Å²) in [5, 5.41) is 9.88. The molecule has 0 amide bonds. The molecule has 1 aromatic rings. The number of ether oxygens (including phenoxy) is 2. The third-order valence-electron chi connectivity index (χ3n) is 2.91. The van der Waals surface area contributed by atoms with Crippen LogP contribution in [0, 0.1) is 6.92 Å². The fraction of sp³-hybridized carbons (Fsp3) is 0.400. The number of aliphatic hydroxyl groups excluding tert-OH is 1. The zero-order valence-corrected chi connectivity index (χ0v) is 11.7. The lowest BCUT2D eigenvalue weighted by atomic mass is 9.92. The molecule has 0 unspecified atom stereocenters. The Kier molecular flexibility index (Phi) is 5.57. The van der Waals surface area contributed by atoms with Crippen molar-refractivity contribution in [3.63, 3.8) is 0 Å². The zero-order valence-electron chi connectivity index (χ0n) is 11.7. The SMILES string of the molecule is COC(=O)/C=C/[C@@H](c1ccc(C)cc1OC)[C@@H](C)O. The van der Waals surface area contributed by atoms with Crippen LogP contribution in [0.15, 0.2) is 30.4 Å². The minimum Gasteiger partial charge on any atom is -0.496 e. The number of aryl methyl sites for hydroxylation is 1. The van der Waals surface area contributed by atoms with E-state index in [0.29, 0.717) is 5.75 Å². The highest BCUT2D eigenvalue weighted by Crippen LogP contribution is 2.31. The maximum absolute atomic E-state index is 11.2. The van der Waals surface area contributed by atoms with Gasteiger partial charge in [-0.1, -0.05) is 18.2 Å². The van der Waals surface area contributed by atoms with Crippen LogP contribution in [0.25, 0.3) is 0 Å². The van der Waals surface area contributed by atoms with Crippen LogP contribution >= 0.6 is 0 Å². The largest absolute Gasteiger partial charge is 0.496 e. The lowest BCUT2D eigenvalue weighted by molar-refractivity contribution is -0.134. The van der Waals surface area contributed by atoms with Gasteiger partial charge in [-0.25, -0.2) is 4.79 Å². The van der Waals surface area contributed by atoms with E-state index in [1.807, 2.05) is 25.1 Å². The summed E-state index contributed by atoms with van der Waals surface area (Å²) in [6.07, 6.45) is 2.30. The lowest BCUT2D eigenvalue weighted by Gasteiger charge is -2.19. The van der Waals surface area contributed by atoms with Crippen molar-refractivity contribution in [3.05, 3.63) is 41.5 Å². The summed E-state index contributed by atoms with van der Waals surface area (Å²) in [7, 11) is 2.90. The first-order valence-electron chi connectivity index (χ1n) is 6.08. The Balaban J connectivity index is 3.12. The molecule has 0 aliphatic rings. The first-order valence-corrected chi connectivity index (χ1v) is 6.08. The van der Waals surface area contributed by atoms with Crippen LogP contribution in [0.4, 0.5) is 0 Å². The quantitative estimate of drug-likeness (QED) is 0.654. The molecular formula is C15H20O4. The van der Waals surface area contributed by atoms with Gasteiger partial charge in [0.05, 0.1) is 20.3 Å². The van der Waals surface area contributed by atoms with E-state index < -0.39 is 12.1 Å². The molecule has 4 heteroatoms. The average Bonchev–Trinajstić information content (AvgIpc) is 2.39. The Bertz CT molecular complexity index is 463. The predicted octanol–water partition coefficient (Wildman–Crippen LogP) is 2.20. The number of methoxy groups -OCH3 is 2. The normalized spacial score (nSPS) is 14.2. The number of benzene rings is 1. The van der Waals surface area contributed by atoms with Crippen molar-refractivity contribution in [2.24, 2.45) is 0 Å². The van der Waals surface area contributed by atoms with E-state index in [0.717, 1.165) is 11.1 Å². The van der Waals surface area contributed by atoms with Crippen LogP contribution in [-0.2, 0) is 9.53 Å². The molecule has 0 heterocycles. The van der Waals surface area contributed by atoms with Crippen molar-refractivity contribution in [1.82, 2.24) is 0 Å². The van der Waals surface area contributed by atoms with Crippen molar-refractivity contribution < 1.29 is 19.4 Å². The molecule has 0 aliphatic heterocycles. The lowest BCUT2D eigenvalue weighted by Crippen LogP contribution is -2.14. The van der Waals surface area contributed by atoms with E-state index in [-0.39, 0.29) is 5.92 Å². The van der Waals surface area contributed by atoms with Gasteiger partial charge in [0, 0.05) is 17.6 Å². The van der Waals surface area contributed by atoms with Gasteiger partial charge in [-0.3, -0.25) is 0 Å². The molecule has 1 N–H and O–H groups in total. The van der Waals surface area contributed by atoms with Crippen LogP contribution in [0.1, 0.15) is 24.0 Å². The fourth-order valence-corrected chi connectivity index (χ4v) is 1.87. The maximum atomic E-state index is 11.2. The second-order valence-corrected chi connectivity index (χ2v) is 4.39. The molecule has 19 heavy (non-hydrogen) atoms. The van der Waals surface area contributed by atoms with Crippen molar-refractivity contribution in [3.8, 4) is 5.75 Å². The molecular weight excluding hydrogens is 244 g/mol. The Labute approximate surface area is 113 Å². The second-order valence-electron chi connectivity index (χ2n) is 4.39. The van der Waals surface area contributed by atoms with Gasteiger partial charge in [0.15, 0.2) is 0 Å². The summed E-state index contributed by atoms with van der Waals surface area (Å²) in [6, 6.07) is 5.74. The van der Waals surface area contributed by atoms with E-state index in [1.165, 1.54) is 13.2 Å². The smallest absolute Gasteiger partial charge is 0.330 e. The molecule has 0 spiro atoms. The van der Waals surface area contributed by atoms with Crippen molar-refractivity contribution in [2.45, 2.75) is 25.9 Å². The van der Waals surface area contributed by atoms with Crippen LogP contribution in [0.2, 0.25) is 0 Å². The van der Waals surface area contributed by atoms with E-state index >= 15 is 0 Å². The molecule has 1 aromatic carbocycles. The molecule has 0 aliphatic carbocycles. The van der Waals surface area contributed by atoms with Crippen LogP contribution < -0.4 is 4.74 Å². The number of esters is 1. The van der Waals surface area contributed by atoms with Crippen molar-refractivity contribution in [2.75, 3.05) is 14.2 Å². The minimum atomic E-state index is -0.641. The second kappa shape index (κ2) is 6.95. The van der Waals surface area contributed by atoms with E-state index in [1.54, 1.807) is 20.1 Å². The molecule has 2 atom stereocenters. The first-order chi connectivity index (χ1) is 8.99. The summed E-state index contributed by atoms with van der Waals surface area (Å²) in [5.74, 6) is -0.0770. The standard InChI is InChI=1S/C15H20O4/c1-10-5-6-13(14(9-10)18-3)12(11(2)16)7-8-15(17)19-4/h5-9,11-12,16H,1-4H3/b8-7+/t11-,12-/m1/s1. The Morgan fingerprint density at radius 1 is 1.37 bits per heavy atom. The van der Waals surface area contributed by atoms with Gasteiger partial charge in [-0.2, -0.15) is 0 Å². The van der Waals surface area contributed by atoms with Gasteiger partial charge in [0.1, 0.15) is 5.75 Å². The molecule has 4 nitrogen and oxygen atoms in total. The number of carbonyl (C=O) groups excluding carboxylic acids is 1. The van der Waals surface area contributed by atoms with E-state index in [4.69, 9.17) is 4.74 Å². The number of rotatable bonds is 5. The van der Waals surface area contributed by atoms with Crippen LogP contribution in [0.5, 0.6) is 5.75 Å². The highest BCUT2D eigenvalue weighted by Gasteiger charge is 2.19. The Morgan fingerprint density at radius 2 is 2.05 bits per heavy atom. The monoisotopic (exact) mass is 264 g/mol. The van der Waals surface area contributed by atoms with Gasteiger partial charge in [-0.05, 0) is 25.5 Å². The molecule has 0 bridgehead atoms. The third kappa shape index (κ3) is 4.10. The topological polar surface area (TPSA) is 55.8 Å². The summed E-state index contributed by atoms with van der Waals surface area (Å²) in [5.41, 5.74) is 1.91. The number of carbonyl (C=O) groups is 1. The molecule has 0 saturated carbocycles. The van der Waals surface area contributed by atoms with E-state index in [9.17, 15) is 9.90 Å². The first kappa shape index (κ1) is 15.2. The summed E-state index contributed by atoms with van der Waals surface area (Å²) < 4.78 is 9.88. The van der Waals surface area contributed by atoms with Gasteiger partial charge < -0.3 is 14.6 Å². The van der Waals surface area contributed by atoms with Crippen molar-refractivity contribution >= 4 is 5.97 Å². The van der Waals surface area contributed by atoms with Crippen LogP contribution in [0.3, 0.4) is 0 Å². The minimum absolute atomic E-state index is 0.324. The highest BCUT2D eigenvalue weighted by atomic mass is 16.5. The van der Waals surface area contributed by atoms with Crippen LogP contribution in [-0.4, -0.2) is 31.4 Å². The average molecular weight is 264 g/mol. The Hall–Kier alpha value is -1.81. The molecule has 0 aromatic heterocycles. The molecule has 0 radical (unpaired) electrons. The van der Waals surface area contributed by atoms with E-state index in [2.05, 4.69) is 4.74 Å². The number of hydrogen-bond acceptors (Lipinski definition) is 4. The molecule has 104 valence electrons. The highest BCUT2D eigenvalue weighted by molar-refractivity contribution is 5.82. The van der Waals surface area contributed by atoms with Crippen molar-refractivity contribution in [1.29, 1.82) is 0 Å². The number of hydrogen-bond donors (Lipinski definition) is 1. The van der Waals surface area contributed by atoms with Gasteiger partial charge in [-0.15, -0.1) is 0 Å². The number of aliphatic hydroxyl groups is 1. The molecule has 0 saturated heterocycles. The zero-order chi connectivity index (χ0) is 14.4. The molecule has 0 fully saturated rings. The summed E-state index contributed by atoms with van der Waals surface area (Å²) >= 11 is 0. The van der Waals surface area contributed by atoms with Gasteiger partial charge >= 0.3 is 5.97 Å². The summed E-state index contributed by atoms with van der Waals surface area (Å²) in [6.45, 7) is 3.64.